The number of methoxy groups -OCH3 is 1. The third-order valence-corrected chi connectivity index (χ3v) is 3.49. The fraction of sp³-hybridized carbons (Fsp3) is 0.100. The highest BCUT2D eigenvalue weighted by atomic mass is 35.5. The molecule has 2 N–H and O–H groups in total. The maximum Gasteiger partial charge on any atom is 0.321 e. The molecule has 0 spiro atoms. The Kier molecular flexibility index (Phi) is 4.11. The summed E-state index contributed by atoms with van der Waals surface area (Å²) in [5.74, 6) is 0.101. The van der Waals surface area contributed by atoms with Gasteiger partial charge in [-0.25, -0.2) is 0 Å². The summed E-state index contributed by atoms with van der Waals surface area (Å²) in [4.78, 5) is 12.7. The number of nitrogens with two attached hydrogens (primary N) is 1. The van der Waals surface area contributed by atoms with Gasteiger partial charge in [-0.15, -0.1) is 0 Å². The molecule has 1 aromatic carbocycles. The second-order valence-corrected chi connectivity index (χ2v) is 5.00. The molecule has 0 aliphatic heterocycles. The van der Waals surface area contributed by atoms with Crippen molar-refractivity contribution in [2.24, 2.45) is 0 Å². The summed E-state index contributed by atoms with van der Waals surface area (Å²) in [5, 5.41) is 1.39. The molecule has 2 rings (SSSR count). The van der Waals surface area contributed by atoms with Crippen molar-refractivity contribution < 1.29 is 4.74 Å². The van der Waals surface area contributed by atoms with Gasteiger partial charge in [-0.1, -0.05) is 23.2 Å². The summed E-state index contributed by atoms with van der Waals surface area (Å²) in [5.41, 5.74) is 5.54. The average Bonchev–Trinajstić information content (AvgIpc) is 2.33. The monoisotopic (exact) mass is 302 g/mol. The third kappa shape index (κ3) is 3.16. The van der Waals surface area contributed by atoms with Crippen LogP contribution in [0.25, 0.3) is 0 Å². The summed E-state index contributed by atoms with van der Waals surface area (Å²) in [6.07, 6.45) is 0. The molecule has 0 radical (unpaired) electrons. The van der Waals surface area contributed by atoms with Crippen molar-refractivity contribution in [2.75, 3.05) is 12.8 Å². The van der Waals surface area contributed by atoms with Crippen LogP contribution in [0.1, 0.15) is 0 Å². The van der Waals surface area contributed by atoms with Gasteiger partial charge in [-0.3, -0.25) is 0 Å². The number of nitrogen functional groups attached to an aromatic ring is 1. The molecule has 94 valence electrons. The van der Waals surface area contributed by atoms with E-state index in [9.17, 15) is 0 Å². The molecule has 18 heavy (non-hydrogen) atoms. The van der Waals surface area contributed by atoms with Gasteiger partial charge in [0.2, 0.25) is 11.1 Å². The molecule has 1 aromatic heterocycles. The number of halogens is 2. The molecule has 0 unspecified atom stereocenters. The summed E-state index contributed by atoms with van der Waals surface area (Å²) in [6.45, 7) is 0. The Bertz CT molecular complexity index is 582. The van der Waals surface area contributed by atoms with E-state index in [1.54, 1.807) is 12.1 Å². The number of hydrogen-bond donors (Lipinski definition) is 1. The molecule has 0 fully saturated rings. The van der Waals surface area contributed by atoms with E-state index in [0.717, 1.165) is 4.90 Å². The molecule has 8 heteroatoms. The molecule has 2 aromatic rings. The van der Waals surface area contributed by atoms with Crippen LogP contribution < -0.4 is 10.5 Å². The molecular weight excluding hydrogens is 295 g/mol. The van der Waals surface area contributed by atoms with E-state index in [0.29, 0.717) is 15.2 Å². The number of hydrogen-bond acceptors (Lipinski definition) is 6. The molecule has 1 heterocycles. The second-order valence-electron chi connectivity index (χ2n) is 3.14. The van der Waals surface area contributed by atoms with Crippen molar-refractivity contribution >= 4 is 40.9 Å². The molecule has 0 aliphatic rings. The lowest BCUT2D eigenvalue weighted by Crippen LogP contribution is -2.01. The highest BCUT2D eigenvalue weighted by Crippen LogP contribution is 2.31. The summed E-state index contributed by atoms with van der Waals surface area (Å²) < 4.78 is 4.91. The molecule has 0 atom stereocenters. The Morgan fingerprint density at radius 1 is 1.17 bits per heavy atom. The van der Waals surface area contributed by atoms with Crippen LogP contribution in [0.4, 0.5) is 5.95 Å². The first kappa shape index (κ1) is 13.2. The smallest absolute Gasteiger partial charge is 0.321 e. The fourth-order valence-corrected chi connectivity index (χ4v) is 2.28. The highest BCUT2D eigenvalue weighted by molar-refractivity contribution is 7.99. The predicted molar refractivity (Wildman–Crippen MR) is 71.4 cm³/mol. The van der Waals surface area contributed by atoms with Crippen LogP contribution in [0.2, 0.25) is 10.0 Å². The van der Waals surface area contributed by atoms with Crippen molar-refractivity contribution in [3.8, 4) is 6.01 Å². The summed E-state index contributed by atoms with van der Waals surface area (Å²) in [6, 6.07) is 5.41. The molecule has 5 nitrogen and oxygen atoms in total. The van der Waals surface area contributed by atoms with Crippen LogP contribution in [-0.2, 0) is 0 Å². The zero-order valence-electron chi connectivity index (χ0n) is 9.22. The van der Waals surface area contributed by atoms with E-state index in [4.69, 9.17) is 33.7 Å². The van der Waals surface area contributed by atoms with Crippen LogP contribution in [0.3, 0.4) is 0 Å². The molecule has 0 bridgehead atoms. The van der Waals surface area contributed by atoms with E-state index in [1.807, 2.05) is 6.07 Å². The van der Waals surface area contributed by atoms with E-state index in [1.165, 1.54) is 18.9 Å². The predicted octanol–water partition coefficient (Wildman–Crippen LogP) is 2.92. The van der Waals surface area contributed by atoms with Gasteiger partial charge in [0.25, 0.3) is 0 Å². The number of ether oxygens (including phenoxy) is 1. The van der Waals surface area contributed by atoms with E-state index >= 15 is 0 Å². The Balaban J connectivity index is 2.27. The van der Waals surface area contributed by atoms with Gasteiger partial charge in [0.15, 0.2) is 0 Å². The maximum atomic E-state index is 5.92. The largest absolute Gasteiger partial charge is 0.467 e. The van der Waals surface area contributed by atoms with E-state index in [2.05, 4.69) is 15.0 Å². The lowest BCUT2D eigenvalue weighted by molar-refractivity contribution is 0.374. The SMILES string of the molecule is COc1nc(N)nc(Sc2ccc(Cl)c(Cl)c2)n1. The Hall–Kier alpha value is -1.24. The van der Waals surface area contributed by atoms with Gasteiger partial charge >= 0.3 is 6.01 Å². The zero-order chi connectivity index (χ0) is 13.1. The highest BCUT2D eigenvalue weighted by Gasteiger charge is 2.07. The van der Waals surface area contributed by atoms with Crippen molar-refractivity contribution in [3.05, 3.63) is 28.2 Å². The maximum absolute atomic E-state index is 5.92. The van der Waals surface area contributed by atoms with Crippen LogP contribution in [0.5, 0.6) is 6.01 Å². The number of anilines is 1. The minimum atomic E-state index is 0.101. The lowest BCUT2D eigenvalue weighted by atomic mass is 10.4. The van der Waals surface area contributed by atoms with Gasteiger partial charge in [0.1, 0.15) is 0 Å². The van der Waals surface area contributed by atoms with E-state index < -0.39 is 0 Å². The molecule has 0 saturated carbocycles. The fourth-order valence-electron chi connectivity index (χ4n) is 1.14. The summed E-state index contributed by atoms with van der Waals surface area (Å²) in [7, 11) is 1.46. The zero-order valence-corrected chi connectivity index (χ0v) is 11.6. The van der Waals surface area contributed by atoms with Gasteiger partial charge in [-0.05, 0) is 30.0 Å². The topological polar surface area (TPSA) is 73.9 Å². The second kappa shape index (κ2) is 5.60. The summed E-state index contributed by atoms with van der Waals surface area (Å²) >= 11 is 13.0. The number of benzene rings is 1. The van der Waals surface area contributed by atoms with E-state index in [-0.39, 0.29) is 12.0 Å². The van der Waals surface area contributed by atoms with Gasteiger partial charge < -0.3 is 10.5 Å². The minimum absolute atomic E-state index is 0.101. The molecule has 0 aliphatic carbocycles. The number of nitrogens with zero attached hydrogens (tertiary/aromatic N) is 3. The Labute approximate surface area is 118 Å². The normalized spacial score (nSPS) is 10.4. The van der Waals surface area contributed by atoms with Gasteiger partial charge in [0, 0.05) is 4.90 Å². The standard InChI is InChI=1S/C10H8Cl2N4OS/c1-17-9-14-8(13)15-10(16-9)18-5-2-3-6(11)7(12)4-5/h2-4H,1H3,(H2,13,14,15,16). The first-order chi connectivity index (χ1) is 8.58. The average molecular weight is 303 g/mol. The van der Waals surface area contributed by atoms with Crippen LogP contribution >= 0.6 is 35.0 Å². The first-order valence-electron chi connectivity index (χ1n) is 4.77. The Morgan fingerprint density at radius 2 is 1.94 bits per heavy atom. The molecule has 0 amide bonds. The molecular formula is C10H8Cl2N4OS. The van der Waals surface area contributed by atoms with Crippen LogP contribution in [0.15, 0.2) is 28.3 Å². The molecule has 0 saturated heterocycles. The van der Waals surface area contributed by atoms with Crippen molar-refractivity contribution in [2.45, 2.75) is 10.1 Å². The third-order valence-electron chi connectivity index (χ3n) is 1.89. The Morgan fingerprint density at radius 3 is 2.61 bits per heavy atom. The quantitative estimate of drug-likeness (QED) is 0.939. The lowest BCUT2D eigenvalue weighted by Gasteiger charge is -2.04. The van der Waals surface area contributed by atoms with Crippen LogP contribution in [-0.4, -0.2) is 22.1 Å². The van der Waals surface area contributed by atoms with Gasteiger partial charge in [0.05, 0.1) is 17.2 Å². The minimum Gasteiger partial charge on any atom is -0.467 e. The van der Waals surface area contributed by atoms with Crippen molar-refractivity contribution in [3.63, 3.8) is 0 Å². The van der Waals surface area contributed by atoms with Crippen LogP contribution in [0, 0.1) is 0 Å². The number of rotatable bonds is 3. The first-order valence-corrected chi connectivity index (χ1v) is 6.34. The number of aromatic nitrogens is 3. The van der Waals surface area contributed by atoms with Crippen molar-refractivity contribution in [1.82, 2.24) is 15.0 Å². The van der Waals surface area contributed by atoms with Crippen molar-refractivity contribution in [1.29, 1.82) is 0 Å². The van der Waals surface area contributed by atoms with Gasteiger partial charge in [-0.2, -0.15) is 15.0 Å².